The lowest BCUT2D eigenvalue weighted by molar-refractivity contribution is 0.773. The van der Waals surface area contributed by atoms with Crippen LogP contribution in [-0.4, -0.2) is 0 Å². The van der Waals surface area contributed by atoms with Crippen molar-refractivity contribution in [3.63, 3.8) is 0 Å². The minimum Gasteiger partial charge on any atom is -0.0654 e. The summed E-state index contributed by atoms with van der Waals surface area (Å²) >= 11 is 0. The van der Waals surface area contributed by atoms with Crippen LogP contribution in [0.1, 0.15) is 69.1 Å². The van der Waals surface area contributed by atoms with Crippen molar-refractivity contribution in [3.8, 4) is 0 Å². The van der Waals surface area contributed by atoms with Crippen molar-refractivity contribution in [1.29, 1.82) is 0 Å². The van der Waals surface area contributed by atoms with Gasteiger partial charge in [-0.3, -0.25) is 0 Å². The number of rotatable bonds is 9. The average molecular weight is 245 g/mol. The van der Waals surface area contributed by atoms with Crippen molar-refractivity contribution in [2.24, 2.45) is 0 Å². The lowest BCUT2D eigenvalue weighted by atomic mass is 9.96. The van der Waals surface area contributed by atoms with Crippen LogP contribution in [0.25, 0.3) is 0 Å². The van der Waals surface area contributed by atoms with Gasteiger partial charge in [0.15, 0.2) is 0 Å². The second-order valence-corrected chi connectivity index (χ2v) is 5.32. The highest BCUT2D eigenvalue weighted by molar-refractivity contribution is 5.30. The minimum atomic E-state index is 1.05. The van der Waals surface area contributed by atoms with Crippen molar-refractivity contribution in [3.05, 3.63) is 41.8 Å². The molecule has 1 aromatic carbocycles. The monoisotopic (exact) mass is 245 g/mol. The van der Waals surface area contributed by atoms with Crippen LogP contribution in [0.3, 0.4) is 0 Å². The van der Waals surface area contributed by atoms with Crippen LogP contribution in [0.15, 0.2) is 18.2 Å². The zero-order valence-corrected chi connectivity index (χ0v) is 12.3. The van der Waals surface area contributed by atoms with Gasteiger partial charge in [-0.25, -0.2) is 0 Å². The van der Waals surface area contributed by atoms with E-state index in [1.54, 1.807) is 11.1 Å². The van der Waals surface area contributed by atoms with Gasteiger partial charge in [-0.15, -0.1) is 0 Å². The average Bonchev–Trinajstić information content (AvgIpc) is 2.40. The normalized spacial score (nSPS) is 10.8. The van der Waals surface area contributed by atoms with Gasteiger partial charge in [0.1, 0.15) is 0 Å². The third-order valence-electron chi connectivity index (χ3n) is 3.47. The van der Waals surface area contributed by atoms with Gasteiger partial charge >= 0.3 is 0 Å². The smallest absolute Gasteiger partial charge is 0.0279 e. The fourth-order valence-corrected chi connectivity index (χ4v) is 2.36. The first-order chi connectivity index (χ1) is 8.80. The maximum atomic E-state index is 3.94. The molecule has 0 heteroatoms. The van der Waals surface area contributed by atoms with E-state index in [-0.39, 0.29) is 0 Å². The summed E-state index contributed by atoms with van der Waals surface area (Å²) in [4.78, 5) is 0. The second-order valence-electron chi connectivity index (χ2n) is 5.32. The Morgan fingerprint density at radius 1 is 0.722 bits per heavy atom. The molecule has 18 heavy (non-hydrogen) atoms. The molecule has 0 amide bonds. The Labute approximate surface area is 114 Å². The fraction of sp³-hybridized carbons (Fsp3) is 0.611. The summed E-state index contributed by atoms with van der Waals surface area (Å²) in [5.41, 5.74) is 4.62. The van der Waals surface area contributed by atoms with Crippen LogP contribution in [-0.2, 0) is 19.3 Å². The molecule has 1 rings (SSSR count). The van der Waals surface area contributed by atoms with E-state index < -0.39 is 0 Å². The summed E-state index contributed by atoms with van der Waals surface area (Å²) in [7, 11) is 0. The molecule has 0 saturated heterocycles. The predicted octanol–water partition coefficient (Wildman–Crippen LogP) is 5.53. The van der Waals surface area contributed by atoms with E-state index in [1.807, 2.05) is 0 Å². The van der Waals surface area contributed by atoms with Gasteiger partial charge in [-0.2, -0.15) is 0 Å². The van der Waals surface area contributed by atoms with Gasteiger partial charge in [0, 0.05) is 0 Å². The van der Waals surface area contributed by atoms with Crippen molar-refractivity contribution in [2.45, 2.75) is 71.6 Å². The topological polar surface area (TPSA) is 0 Å². The largest absolute Gasteiger partial charge is 0.0654 e. The van der Waals surface area contributed by atoms with E-state index in [0.717, 1.165) is 6.42 Å². The molecular formula is C18H29. The molecule has 0 unspecified atom stereocenters. The van der Waals surface area contributed by atoms with Gasteiger partial charge in [-0.05, 0) is 55.2 Å². The molecule has 0 N–H and O–H groups in total. The lowest BCUT2D eigenvalue weighted by Crippen LogP contribution is -1.95. The molecule has 0 saturated carbocycles. The van der Waals surface area contributed by atoms with Crippen molar-refractivity contribution in [2.75, 3.05) is 0 Å². The summed E-state index contributed by atoms with van der Waals surface area (Å²) < 4.78 is 0. The molecule has 0 atom stereocenters. The Bertz CT molecular complexity index is 260. The highest BCUT2D eigenvalue weighted by Crippen LogP contribution is 2.17. The summed E-state index contributed by atoms with van der Waals surface area (Å²) in [5.74, 6) is 0. The maximum absolute atomic E-state index is 3.94. The molecule has 0 nitrogen and oxygen atoms in total. The number of aryl methyl sites for hydroxylation is 3. The van der Waals surface area contributed by atoms with E-state index in [1.165, 1.54) is 56.9 Å². The molecule has 0 aliphatic carbocycles. The second kappa shape index (κ2) is 9.19. The molecule has 0 fully saturated rings. The van der Waals surface area contributed by atoms with Crippen LogP contribution in [0.5, 0.6) is 0 Å². The van der Waals surface area contributed by atoms with Crippen LogP contribution in [0.2, 0.25) is 0 Å². The SMILES string of the molecule is [CH2]CCCc1cc(CCCC)cc(CCCC)c1. The third kappa shape index (κ3) is 5.71. The Kier molecular flexibility index (Phi) is 7.80. The first-order valence-electron chi connectivity index (χ1n) is 7.71. The predicted molar refractivity (Wildman–Crippen MR) is 82.0 cm³/mol. The van der Waals surface area contributed by atoms with Gasteiger partial charge in [0.25, 0.3) is 0 Å². The molecule has 0 aliphatic heterocycles. The zero-order valence-electron chi connectivity index (χ0n) is 12.3. The summed E-state index contributed by atoms with van der Waals surface area (Å²) in [6.07, 6.45) is 11.1. The van der Waals surface area contributed by atoms with E-state index >= 15 is 0 Å². The Balaban J connectivity index is 2.74. The Morgan fingerprint density at radius 3 is 1.44 bits per heavy atom. The highest BCUT2D eigenvalue weighted by Gasteiger charge is 2.01. The first kappa shape index (κ1) is 15.3. The van der Waals surface area contributed by atoms with Crippen LogP contribution in [0.4, 0.5) is 0 Å². The molecule has 1 radical (unpaired) electrons. The fourth-order valence-electron chi connectivity index (χ4n) is 2.36. The van der Waals surface area contributed by atoms with Crippen molar-refractivity contribution in [1.82, 2.24) is 0 Å². The first-order valence-corrected chi connectivity index (χ1v) is 7.71. The van der Waals surface area contributed by atoms with Crippen LogP contribution in [0, 0.1) is 6.92 Å². The van der Waals surface area contributed by atoms with Gasteiger partial charge < -0.3 is 0 Å². The van der Waals surface area contributed by atoms with Crippen molar-refractivity contribution < 1.29 is 0 Å². The van der Waals surface area contributed by atoms with Crippen LogP contribution >= 0.6 is 0 Å². The van der Waals surface area contributed by atoms with Gasteiger partial charge in [0.05, 0.1) is 0 Å². The number of benzene rings is 1. The summed E-state index contributed by atoms with van der Waals surface area (Å²) in [6.45, 7) is 8.48. The van der Waals surface area contributed by atoms with Crippen molar-refractivity contribution >= 4 is 0 Å². The van der Waals surface area contributed by atoms with Gasteiger partial charge in [0.2, 0.25) is 0 Å². The highest BCUT2D eigenvalue weighted by atomic mass is 14.1. The molecule has 0 aromatic heterocycles. The molecular weight excluding hydrogens is 216 g/mol. The summed E-state index contributed by atoms with van der Waals surface area (Å²) in [6, 6.07) is 7.26. The quantitative estimate of drug-likeness (QED) is 0.536. The standard InChI is InChI=1S/C18H29/c1-4-7-10-16-13-17(11-8-5-2)15-18(14-16)12-9-6-3/h13-15H,1,4-12H2,2-3H3. The number of unbranched alkanes of at least 4 members (excludes halogenated alkanes) is 3. The van der Waals surface area contributed by atoms with E-state index in [0.29, 0.717) is 0 Å². The molecule has 0 aliphatic rings. The maximum Gasteiger partial charge on any atom is -0.0279 e. The number of hydrogen-bond acceptors (Lipinski definition) is 0. The lowest BCUT2D eigenvalue weighted by Gasteiger charge is -2.09. The molecule has 0 heterocycles. The zero-order chi connectivity index (χ0) is 13.2. The molecule has 0 spiro atoms. The van der Waals surface area contributed by atoms with E-state index in [9.17, 15) is 0 Å². The van der Waals surface area contributed by atoms with E-state index in [4.69, 9.17) is 0 Å². The molecule has 1 aromatic rings. The minimum absolute atomic E-state index is 1.05. The molecule has 0 bridgehead atoms. The summed E-state index contributed by atoms with van der Waals surface area (Å²) in [5, 5.41) is 0. The van der Waals surface area contributed by atoms with Gasteiger partial charge in [-0.1, -0.05) is 58.2 Å². The third-order valence-corrected chi connectivity index (χ3v) is 3.47. The van der Waals surface area contributed by atoms with Crippen LogP contribution < -0.4 is 0 Å². The van der Waals surface area contributed by atoms with E-state index in [2.05, 4.69) is 39.0 Å². The molecule has 101 valence electrons. The Hall–Kier alpha value is -0.780. The Morgan fingerprint density at radius 2 is 1.11 bits per heavy atom. The number of hydrogen-bond donors (Lipinski definition) is 0.